The van der Waals surface area contributed by atoms with Crippen LogP contribution in [0.5, 0.6) is 0 Å². The van der Waals surface area contributed by atoms with Crippen LogP contribution in [0.3, 0.4) is 0 Å². The van der Waals surface area contributed by atoms with Crippen LogP contribution in [0.15, 0.2) is 47.4 Å². The van der Waals surface area contributed by atoms with Crippen LogP contribution in [-0.2, 0) is 16.1 Å². The minimum absolute atomic E-state index is 0.0452. The smallest absolute Gasteiger partial charge is 0.413 e. The lowest BCUT2D eigenvalue weighted by Gasteiger charge is -2.27. The summed E-state index contributed by atoms with van der Waals surface area (Å²) in [5.74, 6) is -0.0452. The van der Waals surface area contributed by atoms with Gasteiger partial charge >= 0.3 is 11.8 Å². The predicted molar refractivity (Wildman–Crippen MR) is 96.4 cm³/mol. The normalized spacial score (nSPS) is 26.8. The number of carbonyl (C=O) groups excluding carboxylic acids is 1. The van der Waals surface area contributed by atoms with E-state index in [-0.39, 0.29) is 12.4 Å². The number of benzene rings is 1. The third kappa shape index (κ3) is 4.04. The molecular formula is C18H21N3O7. The number of nitrogens with zero attached hydrogens (tertiary/aromatic N) is 2. The second-order valence-electron chi connectivity index (χ2n) is 6.57. The molecule has 3 rings (SSSR count). The predicted octanol–water partition coefficient (Wildman–Crippen LogP) is -0.00640. The molecule has 4 N–H and O–H groups in total. The highest BCUT2D eigenvalue weighted by Gasteiger charge is 2.53. The maximum atomic E-state index is 12.3. The number of carbonyl (C=O) groups is 1. The van der Waals surface area contributed by atoms with Crippen molar-refractivity contribution in [2.24, 2.45) is 0 Å². The summed E-state index contributed by atoms with van der Waals surface area (Å²) >= 11 is 0. The molecule has 1 amide bonds. The van der Waals surface area contributed by atoms with Crippen LogP contribution < -0.4 is 11.0 Å². The van der Waals surface area contributed by atoms with Crippen LogP contribution in [-0.4, -0.2) is 55.4 Å². The highest BCUT2D eigenvalue weighted by Crippen LogP contribution is 2.37. The maximum absolute atomic E-state index is 12.3. The van der Waals surface area contributed by atoms with Crippen LogP contribution in [0.25, 0.3) is 0 Å². The van der Waals surface area contributed by atoms with Gasteiger partial charge in [-0.25, -0.2) is 9.59 Å². The first-order valence-corrected chi connectivity index (χ1v) is 8.56. The lowest BCUT2D eigenvalue weighted by Crippen LogP contribution is -2.46. The van der Waals surface area contributed by atoms with E-state index >= 15 is 0 Å². The lowest BCUT2D eigenvalue weighted by atomic mass is 9.96. The van der Waals surface area contributed by atoms with Crippen molar-refractivity contribution in [3.05, 3.63) is 58.6 Å². The molecule has 1 fully saturated rings. The monoisotopic (exact) mass is 391 g/mol. The average Bonchev–Trinajstić information content (AvgIpc) is 2.90. The first kappa shape index (κ1) is 20.0. The lowest BCUT2D eigenvalue weighted by molar-refractivity contribution is -0.0986. The fraction of sp³-hybridized carbons (Fsp3) is 0.389. The number of hydrogen-bond acceptors (Lipinski definition) is 8. The fourth-order valence-corrected chi connectivity index (χ4v) is 2.91. The van der Waals surface area contributed by atoms with Gasteiger partial charge < -0.3 is 24.8 Å². The van der Waals surface area contributed by atoms with Crippen molar-refractivity contribution in [2.45, 2.75) is 37.6 Å². The van der Waals surface area contributed by atoms with E-state index in [1.165, 1.54) is 19.2 Å². The van der Waals surface area contributed by atoms with Crippen molar-refractivity contribution in [1.29, 1.82) is 0 Å². The number of anilines is 1. The molecule has 2 heterocycles. The number of ether oxygens (including phenoxy) is 2. The zero-order chi connectivity index (χ0) is 20.3. The molecule has 1 aromatic carbocycles. The van der Waals surface area contributed by atoms with Gasteiger partial charge in [0.1, 0.15) is 30.2 Å². The molecule has 2 aromatic rings. The summed E-state index contributed by atoms with van der Waals surface area (Å²) in [5.41, 5.74) is -1.84. The molecule has 0 radical (unpaired) electrons. The molecule has 150 valence electrons. The molecule has 0 saturated carbocycles. The molecule has 1 aliphatic heterocycles. The molecule has 0 unspecified atom stereocenters. The second-order valence-corrected chi connectivity index (χ2v) is 6.57. The Balaban J connectivity index is 1.67. The summed E-state index contributed by atoms with van der Waals surface area (Å²) in [6, 6.07) is 10.4. The van der Waals surface area contributed by atoms with Crippen molar-refractivity contribution in [2.75, 3.05) is 11.9 Å². The van der Waals surface area contributed by atoms with Crippen molar-refractivity contribution >= 4 is 11.9 Å². The highest BCUT2D eigenvalue weighted by molar-refractivity contribution is 5.83. The van der Waals surface area contributed by atoms with Gasteiger partial charge in [0.05, 0.1) is 6.61 Å². The van der Waals surface area contributed by atoms with Gasteiger partial charge in [-0.05, 0) is 18.6 Å². The molecule has 10 nitrogen and oxygen atoms in total. The summed E-state index contributed by atoms with van der Waals surface area (Å²) in [5, 5.41) is 32.0. The van der Waals surface area contributed by atoms with Gasteiger partial charge in [0.2, 0.25) is 0 Å². The Kier molecular flexibility index (Phi) is 5.75. The van der Waals surface area contributed by atoms with E-state index in [1.54, 1.807) is 12.1 Å². The fourth-order valence-electron chi connectivity index (χ4n) is 2.91. The number of nitrogens with one attached hydrogen (secondary N) is 1. The highest BCUT2D eigenvalue weighted by atomic mass is 16.6. The number of hydrogen-bond donors (Lipinski definition) is 4. The largest absolute Gasteiger partial charge is 0.444 e. The maximum Gasteiger partial charge on any atom is 0.413 e. The Morgan fingerprint density at radius 3 is 2.68 bits per heavy atom. The standard InChI is InChI=1S/C18H21N3O7/c1-18(26)14(23)12(9-22)28-15(18)21-8-7-13(19-16(21)24)20-17(25)27-10-11-5-3-2-4-6-11/h2-8,12,14-15,22-23,26H,9-10H2,1H3,(H,19,20,24,25)/t12-,14-,15-,18-/m1/s1. The van der Waals surface area contributed by atoms with Gasteiger partial charge in [0, 0.05) is 6.20 Å². The van der Waals surface area contributed by atoms with E-state index in [0.29, 0.717) is 0 Å². The van der Waals surface area contributed by atoms with Crippen LogP contribution in [0.2, 0.25) is 0 Å². The third-order valence-electron chi connectivity index (χ3n) is 4.46. The Morgan fingerprint density at radius 1 is 1.36 bits per heavy atom. The molecule has 0 bridgehead atoms. The molecule has 28 heavy (non-hydrogen) atoms. The Bertz CT molecular complexity index is 884. The summed E-state index contributed by atoms with van der Waals surface area (Å²) < 4.78 is 11.4. The van der Waals surface area contributed by atoms with Gasteiger partial charge in [0.25, 0.3) is 0 Å². The SMILES string of the molecule is C[C@@]1(O)[C@H](O)[C@@H](CO)O[C@H]1n1ccc(NC(=O)OCc2ccccc2)nc1=O. The average molecular weight is 391 g/mol. The second kappa shape index (κ2) is 8.07. The number of aliphatic hydroxyl groups is 3. The quantitative estimate of drug-likeness (QED) is 0.557. The van der Waals surface area contributed by atoms with Crippen molar-refractivity contribution < 1.29 is 29.6 Å². The Labute approximate surface area is 160 Å². The number of amides is 1. The van der Waals surface area contributed by atoms with E-state index in [9.17, 15) is 24.9 Å². The summed E-state index contributed by atoms with van der Waals surface area (Å²) in [6.45, 7) is 0.823. The van der Waals surface area contributed by atoms with Gasteiger partial charge in [-0.3, -0.25) is 9.88 Å². The summed E-state index contributed by atoms with van der Waals surface area (Å²) in [7, 11) is 0. The van der Waals surface area contributed by atoms with Gasteiger partial charge in [0.15, 0.2) is 6.23 Å². The van der Waals surface area contributed by atoms with E-state index in [4.69, 9.17) is 9.47 Å². The van der Waals surface area contributed by atoms with Gasteiger partial charge in [-0.2, -0.15) is 4.98 Å². The van der Waals surface area contributed by atoms with Crippen molar-refractivity contribution in [3.63, 3.8) is 0 Å². The van der Waals surface area contributed by atoms with Crippen molar-refractivity contribution in [1.82, 2.24) is 9.55 Å². The Hall–Kier alpha value is -2.79. The summed E-state index contributed by atoms with van der Waals surface area (Å²) in [6.07, 6.45) is -3.21. The van der Waals surface area contributed by atoms with E-state index < -0.39 is 42.4 Å². The molecule has 1 saturated heterocycles. The minimum atomic E-state index is -1.82. The van der Waals surface area contributed by atoms with Crippen LogP contribution in [0.4, 0.5) is 10.6 Å². The van der Waals surface area contributed by atoms with Crippen LogP contribution in [0.1, 0.15) is 18.7 Å². The van der Waals surface area contributed by atoms with Gasteiger partial charge in [-0.15, -0.1) is 0 Å². The molecule has 0 spiro atoms. The number of aromatic nitrogens is 2. The zero-order valence-electron chi connectivity index (χ0n) is 15.1. The first-order valence-electron chi connectivity index (χ1n) is 8.56. The Morgan fingerprint density at radius 2 is 2.07 bits per heavy atom. The minimum Gasteiger partial charge on any atom is -0.444 e. The molecule has 1 aliphatic rings. The van der Waals surface area contributed by atoms with Crippen LogP contribution in [0, 0.1) is 0 Å². The van der Waals surface area contributed by atoms with E-state index in [0.717, 1.165) is 10.1 Å². The third-order valence-corrected chi connectivity index (χ3v) is 4.46. The molecule has 4 atom stereocenters. The summed E-state index contributed by atoms with van der Waals surface area (Å²) in [4.78, 5) is 27.9. The van der Waals surface area contributed by atoms with Gasteiger partial charge in [-0.1, -0.05) is 30.3 Å². The topological polar surface area (TPSA) is 143 Å². The van der Waals surface area contributed by atoms with Crippen molar-refractivity contribution in [3.8, 4) is 0 Å². The number of rotatable bonds is 5. The first-order chi connectivity index (χ1) is 13.3. The number of aliphatic hydroxyl groups excluding tert-OH is 2. The van der Waals surface area contributed by atoms with Crippen LogP contribution >= 0.6 is 0 Å². The molecular weight excluding hydrogens is 370 g/mol. The van der Waals surface area contributed by atoms with E-state index in [1.807, 2.05) is 18.2 Å². The molecule has 0 aliphatic carbocycles. The van der Waals surface area contributed by atoms with E-state index in [2.05, 4.69) is 10.3 Å². The molecule has 1 aromatic heterocycles. The molecule has 10 heteroatoms. The zero-order valence-corrected chi connectivity index (χ0v) is 15.1.